The van der Waals surface area contributed by atoms with Gasteiger partial charge in [0.15, 0.2) is 23.1 Å². The fourth-order valence-electron chi connectivity index (χ4n) is 13.5. The van der Waals surface area contributed by atoms with Crippen LogP contribution in [0.1, 0.15) is 250 Å². The van der Waals surface area contributed by atoms with Crippen LogP contribution in [-0.2, 0) is 121 Å². The Morgan fingerprint density at radius 2 is 0.756 bits per heavy atom. The van der Waals surface area contributed by atoms with Crippen LogP contribution >= 0.6 is 0 Å². The minimum absolute atomic E-state index is 0.00207. The van der Waals surface area contributed by atoms with Gasteiger partial charge in [0.1, 0.15) is 37.4 Å². The smallest absolute Gasteiger partial charge is 0.326 e. The van der Waals surface area contributed by atoms with Crippen molar-refractivity contribution >= 4 is 106 Å². The molecule has 1 aromatic heterocycles. The van der Waals surface area contributed by atoms with Crippen molar-refractivity contribution in [1.82, 2.24) is 41.9 Å². The summed E-state index contributed by atoms with van der Waals surface area (Å²) in [5, 5.41) is 72.8. The fraction of sp³-hybridized carbons (Fsp3) is 0.750. The highest BCUT2D eigenvalue weighted by Crippen LogP contribution is 2.45. The largest absolute Gasteiger partial charge is 0.481 e. The number of nitrogens with zero attached hydrogens (tertiary/aromatic N) is 1. The quantitative estimate of drug-likeness (QED) is 0.0394. The van der Waals surface area contributed by atoms with E-state index in [-0.39, 0.29) is 219 Å². The molecule has 696 valence electrons. The van der Waals surface area contributed by atoms with Crippen LogP contribution < -0.4 is 37.6 Å². The molecule has 1 aliphatic carbocycles. The van der Waals surface area contributed by atoms with E-state index < -0.39 is 162 Å². The average Bonchev–Trinajstić information content (AvgIpc) is 1.77. The standard InChI is InChI=1S/C84H135N9O30/c85-78(107)69(91-54-71(99)84(33-17-34-84)52-65(95)26-25-63-53-86-58-92-63)19-15-16-35-87-72(100)28-21-60(80(110)111)49-66(96)55-121-45-42-118-39-36-88-73(101)29-22-61(81(112)113)50-67(97)56-122-46-43-119-40-37-89-74(102)30-23-62(82(114)115)51-68(98)57-123-47-44-120-41-38-90-75(103)32-27-70(83(116)117)93-76(104)31-24-59(79(108)109)48-64(94)18-13-11-9-7-5-3-1-2-4-6-8-10-12-14-20-77(105)106/h53,58-62,69-70,91H,1-52,54-57H2,(H2,85,107)(H,86,92)(H,87,100)(H,88,101)(H,89,102)(H,90,103)(H,93,104)(H,105,106)(H,108,109)(H,110,111)(H,112,113)(H,114,115)(H,116,117)/t59-,60-,61-,62-,69+,70+/m1/s1. The number of carbonyl (C=O) groups excluding carboxylic acids is 12. The molecule has 0 aromatic carbocycles. The number of hydrogen-bond acceptors (Lipinski definition) is 26. The van der Waals surface area contributed by atoms with Gasteiger partial charge in [0, 0.05) is 127 Å². The first-order valence-electron chi connectivity index (χ1n) is 43.2. The molecule has 0 radical (unpaired) electrons. The Hall–Kier alpha value is -9.41. The summed E-state index contributed by atoms with van der Waals surface area (Å²) in [5.41, 5.74) is 5.68. The van der Waals surface area contributed by atoms with E-state index in [9.17, 15) is 112 Å². The van der Waals surface area contributed by atoms with Crippen molar-refractivity contribution in [3.05, 3.63) is 18.2 Å². The monoisotopic (exact) mass is 1750 g/mol. The van der Waals surface area contributed by atoms with Crippen LogP contribution in [-0.4, -0.2) is 271 Å². The molecule has 1 aliphatic rings. The zero-order valence-corrected chi connectivity index (χ0v) is 71.2. The maximum Gasteiger partial charge on any atom is 0.326 e. The van der Waals surface area contributed by atoms with Crippen LogP contribution in [0, 0.1) is 29.1 Å². The fourth-order valence-corrected chi connectivity index (χ4v) is 13.5. The van der Waals surface area contributed by atoms with Crippen LogP contribution in [0.5, 0.6) is 0 Å². The zero-order chi connectivity index (χ0) is 90.8. The van der Waals surface area contributed by atoms with Crippen LogP contribution in [0.15, 0.2) is 12.5 Å². The Bertz CT molecular complexity index is 3390. The predicted octanol–water partition coefficient (Wildman–Crippen LogP) is 4.66. The number of rotatable bonds is 85. The topological polar surface area (TPSA) is 611 Å². The Balaban J connectivity index is 1.46. The van der Waals surface area contributed by atoms with E-state index in [1.807, 2.05) is 0 Å². The number of ketones is 6. The maximum absolute atomic E-state index is 13.3. The summed E-state index contributed by atoms with van der Waals surface area (Å²) in [7, 11) is 0. The van der Waals surface area contributed by atoms with Crippen LogP contribution in [0.3, 0.4) is 0 Å². The number of nitrogens with two attached hydrogens (primary N) is 1. The molecule has 123 heavy (non-hydrogen) atoms. The first-order chi connectivity index (χ1) is 58.9. The summed E-state index contributed by atoms with van der Waals surface area (Å²) in [6, 6.07) is -2.25. The number of aromatic nitrogens is 2. The lowest BCUT2D eigenvalue weighted by molar-refractivity contribution is -0.145. The van der Waals surface area contributed by atoms with Gasteiger partial charge in [-0.1, -0.05) is 83.5 Å². The number of carbonyl (C=O) groups is 18. The number of aromatic amines is 1. The zero-order valence-electron chi connectivity index (χ0n) is 71.2. The first-order valence-corrected chi connectivity index (χ1v) is 43.2. The molecule has 2 rings (SSSR count). The molecule has 0 bridgehead atoms. The number of imidazole rings is 1. The molecule has 39 heteroatoms. The van der Waals surface area contributed by atoms with Crippen molar-refractivity contribution in [2.45, 2.75) is 262 Å². The molecule has 1 heterocycles. The summed E-state index contributed by atoms with van der Waals surface area (Å²) in [4.78, 5) is 228. The summed E-state index contributed by atoms with van der Waals surface area (Å²) in [5.74, 6) is -17.2. The Morgan fingerprint density at radius 3 is 1.12 bits per heavy atom. The first kappa shape index (κ1) is 110. The normalized spacial score (nSPS) is 13.6. The summed E-state index contributed by atoms with van der Waals surface area (Å²) >= 11 is 0. The lowest BCUT2D eigenvalue weighted by Crippen LogP contribution is -2.49. The van der Waals surface area contributed by atoms with Gasteiger partial charge in [-0.2, -0.15) is 0 Å². The molecule has 1 saturated carbocycles. The number of ether oxygens (including phenoxy) is 6. The van der Waals surface area contributed by atoms with Crippen molar-refractivity contribution in [1.29, 1.82) is 0 Å². The molecule has 6 atom stereocenters. The Kier molecular flexibility index (Phi) is 60.6. The number of amides is 6. The highest BCUT2D eigenvalue weighted by atomic mass is 16.5. The summed E-state index contributed by atoms with van der Waals surface area (Å²) in [6.07, 6.45) is 18.6. The van der Waals surface area contributed by atoms with Gasteiger partial charge in [-0.05, 0) is 83.5 Å². The lowest BCUT2D eigenvalue weighted by Gasteiger charge is -2.40. The molecule has 39 nitrogen and oxygen atoms in total. The van der Waals surface area contributed by atoms with Gasteiger partial charge in [-0.25, -0.2) is 9.78 Å². The molecule has 1 aromatic rings. The second kappa shape index (κ2) is 68.0. The molecule has 0 saturated heterocycles. The summed E-state index contributed by atoms with van der Waals surface area (Å²) in [6.45, 7) is -1.19. The Morgan fingerprint density at radius 1 is 0.382 bits per heavy atom. The molecule has 0 unspecified atom stereocenters. The minimum Gasteiger partial charge on any atom is -0.481 e. The van der Waals surface area contributed by atoms with E-state index in [1.54, 1.807) is 6.20 Å². The van der Waals surface area contributed by atoms with Gasteiger partial charge >= 0.3 is 35.8 Å². The highest BCUT2D eigenvalue weighted by Gasteiger charge is 2.45. The molecular formula is C84H135N9O30. The van der Waals surface area contributed by atoms with Crippen molar-refractivity contribution in [3.8, 4) is 0 Å². The van der Waals surface area contributed by atoms with Gasteiger partial charge in [0.2, 0.25) is 35.4 Å². The number of unbranched alkanes of at least 4 members (excludes halogenated alkanes) is 14. The van der Waals surface area contributed by atoms with Crippen LogP contribution in [0.4, 0.5) is 0 Å². The molecule has 1 fully saturated rings. The SMILES string of the molecule is NC(=O)[C@H](CCCCNC(=O)CC[C@H](CC(=O)COCCOCCNC(=O)CC[C@H](CC(=O)COCCOCCNC(=O)CC[C@H](CC(=O)COCCOCCNC(=O)CC[C@H](NC(=O)CC[C@H](CC(=O)CCCCCCCCCCCCCCCCC(=O)O)C(=O)O)C(=O)O)C(=O)O)C(=O)O)C(=O)O)NCC(=O)C1(CC(=O)CCc2cnc[nH]2)CCC1. The van der Waals surface area contributed by atoms with Crippen LogP contribution in [0.2, 0.25) is 0 Å². The second-order valence-electron chi connectivity index (χ2n) is 31.2. The number of carboxylic acids is 6. The van der Waals surface area contributed by atoms with Gasteiger partial charge in [0.05, 0.1) is 102 Å². The van der Waals surface area contributed by atoms with E-state index in [4.69, 9.17) is 39.3 Å². The van der Waals surface area contributed by atoms with Crippen molar-refractivity contribution < 1.29 is 145 Å². The number of primary amides is 1. The predicted molar refractivity (Wildman–Crippen MR) is 440 cm³/mol. The maximum atomic E-state index is 13.3. The number of carboxylic acid groups (broad SMARTS) is 6. The van der Waals surface area contributed by atoms with Crippen molar-refractivity contribution in [3.63, 3.8) is 0 Å². The minimum atomic E-state index is -1.44. The molecule has 6 amide bonds. The van der Waals surface area contributed by atoms with E-state index in [0.29, 0.717) is 38.5 Å². The summed E-state index contributed by atoms with van der Waals surface area (Å²) < 4.78 is 32.1. The third-order valence-electron chi connectivity index (χ3n) is 20.9. The van der Waals surface area contributed by atoms with E-state index in [0.717, 1.165) is 76.3 Å². The lowest BCUT2D eigenvalue weighted by atomic mass is 9.63. The number of aliphatic carboxylic acids is 6. The van der Waals surface area contributed by atoms with Gasteiger partial charge in [-0.15, -0.1) is 0 Å². The van der Waals surface area contributed by atoms with Crippen molar-refractivity contribution in [2.75, 3.05) is 112 Å². The molecule has 15 N–H and O–H groups in total. The molecule has 0 spiro atoms. The second-order valence-corrected chi connectivity index (χ2v) is 31.2. The number of nitrogens with one attached hydrogen (secondary N) is 7. The van der Waals surface area contributed by atoms with E-state index in [1.165, 1.54) is 25.6 Å². The molecule has 0 aliphatic heterocycles. The Labute approximate surface area is 717 Å². The third-order valence-corrected chi connectivity index (χ3v) is 20.9. The van der Waals surface area contributed by atoms with E-state index >= 15 is 0 Å². The highest BCUT2D eigenvalue weighted by molar-refractivity contribution is 5.94. The van der Waals surface area contributed by atoms with Crippen molar-refractivity contribution in [2.24, 2.45) is 34.8 Å². The number of hydrogen-bond donors (Lipinski definition) is 14. The number of Topliss-reactive ketones (excluding diaryl/α,β-unsaturated/α-hetero) is 6. The van der Waals surface area contributed by atoms with Gasteiger partial charge in [-0.3, -0.25) is 86.8 Å². The van der Waals surface area contributed by atoms with E-state index in [2.05, 4.69) is 41.9 Å². The number of H-pyrrole nitrogens is 1. The van der Waals surface area contributed by atoms with Gasteiger partial charge < -0.3 is 96.4 Å². The van der Waals surface area contributed by atoms with Gasteiger partial charge in [0.25, 0.3) is 0 Å². The van der Waals surface area contributed by atoms with Crippen LogP contribution in [0.25, 0.3) is 0 Å². The number of aryl methyl sites for hydroxylation is 1. The third kappa shape index (κ3) is 56.9. The molecular weight excluding hydrogens is 1610 g/mol. The average molecular weight is 1750 g/mol.